The van der Waals surface area contributed by atoms with E-state index in [1.807, 2.05) is 53.1 Å². The van der Waals surface area contributed by atoms with Crippen molar-refractivity contribution in [1.82, 2.24) is 9.47 Å². The monoisotopic (exact) mass is 389 g/mol. The van der Waals surface area contributed by atoms with Crippen LogP contribution < -0.4 is 4.90 Å². The number of esters is 1. The highest BCUT2D eigenvalue weighted by Crippen LogP contribution is 2.42. The van der Waals surface area contributed by atoms with Crippen molar-refractivity contribution in [2.24, 2.45) is 0 Å². The Kier molecular flexibility index (Phi) is 3.74. The Labute approximate surface area is 167 Å². The summed E-state index contributed by atoms with van der Waals surface area (Å²) in [5, 5.41) is 0.710. The van der Waals surface area contributed by atoms with E-state index in [1.54, 1.807) is 11.9 Å². The SMILES string of the molecule is COC(=O)c1c2n(c3ccccc13)Cc1ccccc1N1C(=O)CN(C)C(=O)C21. The van der Waals surface area contributed by atoms with E-state index in [0.717, 1.165) is 11.1 Å². The first kappa shape index (κ1) is 17.5. The lowest BCUT2D eigenvalue weighted by Gasteiger charge is -2.38. The van der Waals surface area contributed by atoms with Crippen molar-refractivity contribution in [3.8, 4) is 0 Å². The van der Waals surface area contributed by atoms with Crippen LogP contribution in [-0.2, 0) is 20.9 Å². The van der Waals surface area contributed by atoms with Crippen molar-refractivity contribution in [2.45, 2.75) is 12.6 Å². The van der Waals surface area contributed by atoms with Crippen LogP contribution in [0.1, 0.15) is 27.7 Å². The lowest BCUT2D eigenvalue weighted by atomic mass is 10.0. The Hall–Kier alpha value is -3.61. The standard InChI is InChI=1S/C22H19N3O4/c1-23-12-17(26)25-15-9-5-3-7-13(15)11-24-16-10-6-4-8-14(16)18(22(28)29-2)19(24)20(25)21(23)27/h3-10,20H,11-12H2,1-2H3. The van der Waals surface area contributed by atoms with Gasteiger partial charge in [0.25, 0.3) is 5.91 Å². The second-order valence-corrected chi connectivity index (χ2v) is 7.34. The zero-order valence-electron chi connectivity index (χ0n) is 16.1. The van der Waals surface area contributed by atoms with Gasteiger partial charge in [0.15, 0.2) is 6.04 Å². The molecule has 1 fully saturated rings. The van der Waals surface area contributed by atoms with Gasteiger partial charge < -0.3 is 14.2 Å². The van der Waals surface area contributed by atoms with E-state index < -0.39 is 12.0 Å². The summed E-state index contributed by atoms with van der Waals surface area (Å²) < 4.78 is 7.04. The minimum absolute atomic E-state index is 0.00253. The Morgan fingerprint density at radius 3 is 2.55 bits per heavy atom. The van der Waals surface area contributed by atoms with Gasteiger partial charge in [-0.15, -0.1) is 0 Å². The van der Waals surface area contributed by atoms with Crippen molar-refractivity contribution in [3.05, 3.63) is 65.4 Å². The molecule has 0 bridgehead atoms. The summed E-state index contributed by atoms with van der Waals surface area (Å²) in [4.78, 5) is 42.2. The number of benzene rings is 2. The van der Waals surface area contributed by atoms with Crippen LogP contribution in [0.5, 0.6) is 0 Å². The predicted octanol–water partition coefficient (Wildman–Crippen LogP) is 2.34. The molecule has 7 nitrogen and oxygen atoms in total. The minimum atomic E-state index is -0.925. The number of carbonyl (C=O) groups excluding carboxylic acids is 3. The van der Waals surface area contributed by atoms with Crippen molar-refractivity contribution >= 4 is 34.4 Å². The number of carbonyl (C=O) groups is 3. The van der Waals surface area contributed by atoms with E-state index in [0.29, 0.717) is 28.9 Å². The number of rotatable bonds is 1. The average molecular weight is 389 g/mol. The molecular formula is C22H19N3O4. The fourth-order valence-electron chi connectivity index (χ4n) is 4.48. The average Bonchev–Trinajstić information content (AvgIpc) is 2.95. The molecule has 0 saturated carbocycles. The number of anilines is 1. The number of ether oxygens (including phenoxy) is 1. The number of likely N-dealkylation sites (N-methyl/N-ethyl adjacent to an activating group) is 1. The summed E-state index contributed by atoms with van der Waals surface area (Å²) in [6.07, 6.45) is 0. The largest absolute Gasteiger partial charge is 0.465 e. The second-order valence-electron chi connectivity index (χ2n) is 7.34. The van der Waals surface area contributed by atoms with Crippen molar-refractivity contribution in [2.75, 3.05) is 25.6 Å². The van der Waals surface area contributed by atoms with Gasteiger partial charge >= 0.3 is 5.97 Å². The lowest BCUT2D eigenvalue weighted by Crippen LogP contribution is -2.54. The van der Waals surface area contributed by atoms with E-state index in [9.17, 15) is 14.4 Å². The molecular weight excluding hydrogens is 370 g/mol. The van der Waals surface area contributed by atoms with Crippen LogP contribution in [0, 0.1) is 0 Å². The summed E-state index contributed by atoms with van der Waals surface area (Å²) in [6, 6.07) is 14.1. The Balaban J connectivity index is 1.92. The van der Waals surface area contributed by atoms with E-state index in [-0.39, 0.29) is 18.4 Å². The van der Waals surface area contributed by atoms with Crippen LogP contribution in [-0.4, -0.2) is 48.0 Å². The van der Waals surface area contributed by atoms with Gasteiger partial charge in [-0.1, -0.05) is 36.4 Å². The van der Waals surface area contributed by atoms with Crippen molar-refractivity contribution < 1.29 is 19.1 Å². The van der Waals surface area contributed by atoms with Gasteiger partial charge in [0.1, 0.15) is 0 Å². The molecule has 0 aliphatic carbocycles. The first-order valence-corrected chi connectivity index (χ1v) is 9.37. The third-order valence-electron chi connectivity index (χ3n) is 5.75. The Morgan fingerprint density at radius 2 is 1.76 bits per heavy atom. The number of hydrogen-bond donors (Lipinski definition) is 0. The smallest absolute Gasteiger partial charge is 0.340 e. The van der Waals surface area contributed by atoms with Crippen LogP contribution in [0.4, 0.5) is 5.69 Å². The van der Waals surface area contributed by atoms with Crippen LogP contribution in [0.15, 0.2) is 48.5 Å². The molecule has 2 aliphatic rings. The Morgan fingerprint density at radius 1 is 1.03 bits per heavy atom. The van der Waals surface area contributed by atoms with Crippen molar-refractivity contribution in [1.29, 1.82) is 0 Å². The predicted molar refractivity (Wildman–Crippen MR) is 107 cm³/mol. The molecule has 1 unspecified atom stereocenters. The van der Waals surface area contributed by atoms with Crippen LogP contribution in [0.25, 0.3) is 10.9 Å². The topological polar surface area (TPSA) is 71.8 Å². The summed E-state index contributed by atoms with van der Waals surface area (Å²) in [5.74, 6) is -0.927. The lowest BCUT2D eigenvalue weighted by molar-refractivity contribution is -0.140. The van der Waals surface area contributed by atoms with Gasteiger partial charge in [-0.25, -0.2) is 4.79 Å². The van der Waals surface area contributed by atoms with Gasteiger partial charge in [-0.05, 0) is 17.7 Å². The number of para-hydroxylation sites is 2. The number of amides is 2. The Bertz CT molecular complexity index is 1200. The molecule has 29 heavy (non-hydrogen) atoms. The highest BCUT2D eigenvalue weighted by atomic mass is 16.5. The second kappa shape index (κ2) is 6.20. The molecule has 0 radical (unpaired) electrons. The number of nitrogens with zero attached hydrogens (tertiary/aromatic N) is 3. The molecule has 1 atom stereocenters. The molecule has 2 aliphatic heterocycles. The number of fused-ring (bicyclic) bond motifs is 7. The summed E-state index contributed by atoms with van der Waals surface area (Å²) in [5.41, 5.74) is 3.28. The van der Waals surface area contributed by atoms with Gasteiger partial charge in [-0.3, -0.25) is 14.5 Å². The van der Waals surface area contributed by atoms with Gasteiger partial charge in [-0.2, -0.15) is 0 Å². The van der Waals surface area contributed by atoms with Crippen LogP contribution in [0.2, 0.25) is 0 Å². The fourth-order valence-corrected chi connectivity index (χ4v) is 4.48. The molecule has 0 N–H and O–H groups in total. The molecule has 2 amide bonds. The molecule has 0 spiro atoms. The molecule has 3 heterocycles. The molecule has 3 aromatic rings. The number of aromatic nitrogens is 1. The number of piperazine rings is 1. The maximum Gasteiger partial charge on any atom is 0.340 e. The first-order chi connectivity index (χ1) is 14.0. The van der Waals surface area contributed by atoms with Gasteiger partial charge in [0.05, 0.1) is 37.1 Å². The molecule has 2 aromatic carbocycles. The minimum Gasteiger partial charge on any atom is -0.465 e. The van der Waals surface area contributed by atoms with Gasteiger partial charge in [0.2, 0.25) is 5.91 Å². The van der Waals surface area contributed by atoms with Crippen LogP contribution >= 0.6 is 0 Å². The molecule has 7 heteroatoms. The molecule has 1 aromatic heterocycles. The quantitative estimate of drug-likeness (QED) is 0.599. The highest BCUT2D eigenvalue weighted by Gasteiger charge is 2.46. The van der Waals surface area contributed by atoms with Gasteiger partial charge in [0, 0.05) is 18.0 Å². The number of hydrogen-bond acceptors (Lipinski definition) is 4. The maximum atomic E-state index is 13.3. The number of methoxy groups -OCH3 is 1. The van der Waals surface area contributed by atoms with E-state index in [2.05, 4.69) is 0 Å². The summed E-state index contributed by atoms with van der Waals surface area (Å²) >= 11 is 0. The van der Waals surface area contributed by atoms with Crippen molar-refractivity contribution in [3.63, 3.8) is 0 Å². The van der Waals surface area contributed by atoms with Crippen LogP contribution in [0.3, 0.4) is 0 Å². The highest BCUT2D eigenvalue weighted by molar-refractivity contribution is 6.12. The van der Waals surface area contributed by atoms with E-state index in [1.165, 1.54) is 12.0 Å². The third kappa shape index (κ3) is 2.33. The molecule has 146 valence electrons. The van der Waals surface area contributed by atoms with E-state index >= 15 is 0 Å². The zero-order valence-corrected chi connectivity index (χ0v) is 16.1. The normalized spacial score (nSPS) is 18.2. The summed E-state index contributed by atoms with van der Waals surface area (Å²) in [6.45, 7) is 0.442. The zero-order chi connectivity index (χ0) is 20.3. The molecule has 5 rings (SSSR count). The first-order valence-electron chi connectivity index (χ1n) is 9.37. The molecule has 1 saturated heterocycles. The van der Waals surface area contributed by atoms with E-state index in [4.69, 9.17) is 4.74 Å². The summed E-state index contributed by atoms with van der Waals surface area (Å²) in [7, 11) is 2.93. The maximum absolute atomic E-state index is 13.3. The third-order valence-corrected chi connectivity index (χ3v) is 5.75. The fraction of sp³-hybridized carbons (Fsp3) is 0.227.